The number of carboxylic acids is 1. The third kappa shape index (κ3) is 4.68. The van der Waals surface area contributed by atoms with Crippen molar-refractivity contribution < 1.29 is 9.90 Å². The number of thiol groups is 1. The quantitative estimate of drug-likeness (QED) is 0.645. The molecule has 0 unspecified atom stereocenters. The average molecular weight is 186 g/mol. The molecule has 0 saturated heterocycles. The fraction of sp³-hybridized carbons (Fsp3) is 0.286. The van der Waals surface area contributed by atoms with Crippen molar-refractivity contribution in [1.82, 2.24) is 9.97 Å². The van der Waals surface area contributed by atoms with Crippen LogP contribution in [0.15, 0.2) is 18.6 Å². The van der Waals surface area contributed by atoms with Gasteiger partial charge in [0.1, 0.15) is 0 Å². The lowest BCUT2D eigenvalue weighted by Gasteiger charge is -1.86. The summed E-state index contributed by atoms with van der Waals surface area (Å²) in [5.74, 6) is -0.108. The molecule has 0 fully saturated rings. The zero-order valence-electron chi connectivity index (χ0n) is 6.64. The normalized spacial score (nSPS) is 8.17. The van der Waals surface area contributed by atoms with Gasteiger partial charge in [0.2, 0.25) is 0 Å². The van der Waals surface area contributed by atoms with Crippen LogP contribution in [-0.4, -0.2) is 26.8 Å². The van der Waals surface area contributed by atoms with E-state index in [0.29, 0.717) is 0 Å². The Kier molecular flexibility index (Phi) is 6.00. The molecule has 0 aliphatic carbocycles. The van der Waals surface area contributed by atoms with Gasteiger partial charge in [-0.1, -0.05) is 6.92 Å². The van der Waals surface area contributed by atoms with E-state index < -0.39 is 5.97 Å². The first kappa shape index (κ1) is 10.9. The predicted octanol–water partition coefficient (Wildman–Crippen LogP) is 1.11. The Morgan fingerprint density at radius 1 is 1.67 bits per heavy atom. The van der Waals surface area contributed by atoms with Gasteiger partial charge in [0, 0.05) is 12.4 Å². The summed E-state index contributed by atoms with van der Waals surface area (Å²) < 4.78 is 0. The number of aromatic carboxylic acids is 1. The van der Waals surface area contributed by atoms with Gasteiger partial charge in [-0.2, -0.15) is 12.6 Å². The third-order valence-electron chi connectivity index (χ3n) is 0.782. The molecular formula is C7H10N2O2S. The highest BCUT2D eigenvalue weighted by Gasteiger charge is 2.00. The Morgan fingerprint density at radius 2 is 2.25 bits per heavy atom. The van der Waals surface area contributed by atoms with Crippen LogP contribution in [0.1, 0.15) is 17.4 Å². The molecule has 0 spiro atoms. The van der Waals surface area contributed by atoms with Gasteiger partial charge in [0.15, 0.2) is 5.69 Å². The SMILES string of the molecule is CCS.O=C(O)c1cnccn1. The summed E-state index contributed by atoms with van der Waals surface area (Å²) in [5, 5.41) is 8.28. The zero-order valence-corrected chi connectivity index (χ0v) is 7.53. The van der Waals surface area contributed by atoms with Crippen LogP contribution in [0.3, 0.4) is 0 Å². The number of hydrogen-bond donors (Lipinski definition) is 2. The van der Waals surface area contributed by atoms with Gasteiger partial charge >= 0.3 is 5.97 Å². The van der Waals surface area contributed by atoms with Crippen LogP contribution in [0.5, 0.6) is 0 Å². The van der Waals surface area contributed by atoms with Crippen LogP contribution in [0.2, 0.25) is 0 Å². The summed E-state index contributed by atoms with van der Waals surface area (Å²) in [6.45, 7) is 1.99. The van der Waals surface area contributed by atoms with Gasteiger partial charge in [-0.15, -0.1) is 0 Å². The first-order valence-corrected chi connectivity index (χ1v) is 3.95. The highest BCUT2D eigenvalue weighted by Crippen LogP contribution is 1.86. The van der Waals surface area contributed by atoms with Crippen LogP contribution in [-0.2, 0) is 0 Å². The molecule has 0 saturated carbocycles. The largest absolute Gasteiger partial charge is 0.476 e. The third-order valence-corrected chi connectivity index (χ3v) is 0.782. The van der Waals surface area contributed by atoms with Crippen molar-refractivity contribution in [1.29, 1.82) is 0 Å². The maximum Gasteiger partial charge on any atom is 0.356 e. The molecular weight excluding hydrogens is 176 g/mol. The summed E-state index contributed by atoms with van der Waals surface area (Å²) in [4.78, 5) is 17.2. The van der Waals surface area contributed by atoms with E-state index in [2.05, 4.69) is 22.6 Å². The molecule has 0 aliphatic rings. The summed E-state index contributed by atoms with van der Waals surface area (Å²) in [7, 11) is 0. The average Bonchev–Trinajstić information content (AvgIpc) is 2.07. The van der Waals surface area contributed by atoms with Crippen molar-refractivity contribution in [3.8, 4) is 0 Å². The molecule has 1 N–H and O–H groups in total. The predicted molar refractivity (Wildman–Crippen MR) is 48.5 cm³/mol. The molecule has 0 radical (unpaired) electrons. The first-order valence-electron chi connectivity index (χ1n) is 3.32. The van der Waals surface area contributed by atoms with E-state index in [9.17, 15) is 4.79 Å². The molecule has 66 valence electrons. The number of carboxylic acid groups (broad SMARTS) is 1. The molecule has 4 nitrogen and oxygen atoms in total. The molecule has 0 amide bonds. The fourth-order valence-corrected chi connectivity index (χ4v) is 0.410. The summed E-state index contributed by atoms with van der Waals surface area (Å²) in [6.07, 6.45) is 3.96. The second-order valence-electron chi connectivity index (χ2n) is 1.71. The topological polar surface area (TPSA) is 63.1 Å². The second kappa shape index (κ2) is 6.60. The van der Waals surface area contributed by atoms with Crippen molar-refractivity contribution in [3.63, 3.8) is 0 Å². The van der Waals surface area contributed by atoms with Crippen molar-refractivity contribution >= 4 is 18.6 Å². The second-order valence-corrected chi connectivity index (χ2v) is 2.34. The maximum atomic E-state index is 10.1. The van der Waals surface area contributed by atoms with Crippen molar-refractivity contribution in [3.05, 3.63) is 24.3 Å². The van der Waals surface area contributed by atoms with Gasteiger partial charge in [-0.25, -0.2) is 9.78 Å². The van der Waals surface area contributed by atoms with E-state index in [0.717, 1.165) is 5.75 Å². The Hall–Kier alpha value is -1.10. The fourth-order valence-electron chi connectivity index (χ4n) is 0.410. The van der Waals surface area contributed by atoms with Crippen LogP contribution in [0.25, 0.3) is 0 Å². The van der Waals surface area contributed by atoms with Gasteiger partial charge in [0.05, 0.1) is 6.20 Å². The number of carbonyl (C=O) groups is 1. The minimum atomic E-state index is -1.05. The molecule has 1 aromatic rings. The number of nitrogens with zero attached hydrogens (tertiary/aromatic N) is 2. The first-order chi connectivity index (χ1) is 5.72. The molecule has 1 rings (SSSR count). The molecule has 0 atom stereocenters. The Bertz CT molecular complexity index is 228. The maximum absolute atomic E-state index is 10.1. The summed E-state index contributed by atoms with van der Waals surface area (Å²) >= 11 is 3.79. The van der Waals surface area contributed by atoms with Crippen molar-refractivity contribution in [2.45, 2.75) is 6.92 Å². The standard InChI is InChI=1S/C5H4N2O2.C2H6S/c8-5(9)4-3-6-1-2-7-4;1-2-3/h1-3H,(H,8,9);3H,2H2,1H3. The lowest BCUT2D eigenvalue weighted by Crippen LogP contribution is -1.99. The molecule has 0 aliphatic heterocycles. The summed E-state index contributed by atoms with van der Waals surface area (Å²) in [5.41, 5.74) is -0.0301. The van der Waals surface area contributed by atoms with Gasteiger partial charge in [-0.05, 0) is 5.75 Å². The van der Waals surface area contributed by atoms with E-state index >= 15 is 0 Å². The van der Waals surface area contributed by atoms with Crippen LogP contribution < -0.4 is 0 Å². The van der Waals surface area contributed by atoms with Crippen LogP contribution >= 0.6 is 12.6 Å². The molecule has 5 heteroatoms. The zero-order chi connectivity index (χ0) is 9.40. The lowest BCUT2D eigenvalue weighted by atomic mass is 10.5. The van der Waals surface area contributed by atoms with E-state index in [4.69, 9.17) is 5.11 Å². The Balaban J connectivity index is 0.000000354. The summed E-state index contributed by atoms with van der Waals surface area (Å²) in [6, 6.07) is 0. The Labute approximate surface area is 76.1 Å². The molecule has 0 bridgehead atoms. The van der Waals surface area contributed by atoms with Gasteiger partial charge < -0.3 is 5.11 Å². The highest BCUT2D eigenvalue weighted by atomic mass is 32.1. The molecule has 1 heterocycles. The molecule has 12 heavy (non-hydrogen) atoms. The minimum absolute atomic E-state index is 0.0301. The minimum Gasteiger partial charge on any atom is -0.476 e. The van der Waals surface area contributed by atoms with E-state index in [1.54, 1.807) is 0 Å². The number of hydrogen-bond acceptors (Lipinski definition) is 4. The van der Waals surface area contributed by atoms with Crippen LogP contribution in [0, 0.1) is 0 Å². The van der Waals surface area contributed by atoms with Crippen molar-refractivity contribution in [2.24, 2.45) is 0 Å². The van der Waals surface area contributed by atoms with E-state index in [1.165, 1.54) is 18.6 Å². The Morgan fingerprint density at radius 3 is 2.50 bits per heavy atom. The monoisotopic (exact) mass is 186 g/mol. The van der Waals surface area contributed by atoms with Crippen molar-refractivity contribution in [2.75, 3.05) is 5.75 Å². The van der Waals surface area contributed by atoms with Crippen LogP contribution in [0.4, 0.5) is 0 Å². The smallest absolute Gasteiger partial charge is 0.356 e. The number of rotatable bonds is 1. The van der Waals surface area contributed by atoms with Gasteiger partial charge in [0.25, 0.3) is 0 Å². The highest BCUT2D eigenvalue weighted by molar-refractivity contribution is 7.80. The molecule has 0 aromatic carbocycles. The van der Waals surface area contributed by atoms with E-state index in [1.807, 2.05) is 6.92 Å². The van der Waals surface area contributed by atoms with E-state index in [-0.39, 0.29) is 5.69 Å². The lowest BCUT2D eigenvalue weighted by molar-refractivity contribution is 0.0690. The molecule has 1 aromatic heterocycles. The van der Waals surface area contributed by atoms with Gasteiger partial charge in [-0.3, -0.25) is 4.98 Å². The number of aromatic nitrogens is 2.